The Labute approximate surface area is 212 Å². The normalized spacial score (nSPS) is 17.9. The summed E-state index contributed by atoms with van der Waals surface area (Å²) in [6.07, 6.45) is 11.1. The van der Waals surface area contributed by atoms with Crippen molar-refractivity contribution in [3.05, 3.63) is 70.7 Å². The Balaban J connectivity index is 0.00000145. The first-order valence-corrected chi connectivity index (χ1v) is 13.3. The van der Waals surface area contributed by atoms with Crippen LogP contribution in [0.5, 0.6) is 0 Å². The molecule has 1 aromatic carbocycles. The van der Waals surface area contributed by atoms with Crippen molar-refractivity contribution < 1.29 is 8.78 Å². The van der Waals surface area contributed by atoms with Gasteiger partial charge in [-0.25, -0.2) is 8.78 Å². The number of halogens is 2. The van der Waals surface area contributed by atoms with Crippen molar-refractivity contribution >= 4 is 0 Å². The molecule has 4 N–H and O–H groups in total. The molecule has 0 aromatic heterocycles. The molecular weight excluding hydrogens is 442 g/mol. The van der Waals surface area contributed by atoms with Crippen LogP contribution in [0.3, 0.4) is 0 Å². The third-order valence-electron chi connectivity index (χ3n) is 6.43. The van der Waals surface area contributed by atoms with Gasteiger partial charge in [0.05, 0.1) is 5.70 Å². The van der Waals surface area contributed by atoms with Crippen LogP contribution in [0.4, 0.5) is 8.78 Å². The topological polar surface area (TPSA) is 53.3 Å². The van der Waals surface area contributed by atoms with E-state index in [0.29, 0.717) is 30.0 Å². The Hall–Kier alpha value is -2.34. The molecule has 0 spiro atoms. The molecule has 1 aliphatic heterocycles. The summed E-state index contributed by atoms with van der Waals surface area (Å²) in [6, 6.07) is 4.68. The van der Waals surface area contributed by atoms with Crippen LogP contribution >= 0.6 is 0 Å². The Kier molecular flexibility index (Phi) is 14.3. The van der Waals surface area contributed by atoms with Crippen molar-refractivity contribution in [3.8, 4) is 0 Å². The van der Waals surface area contributed by atoms with Crippen LogP contribution in [0.2, 0.25) is 0 Å². The fourth-order valence-corrected chi connectivity index (χ4v) is 4.31. The second kappa shape index (κ2) is 16.4. The molecular formula is C29H48F2N4. The van der Waals surface area contributed by atoms with E-state index >= 15 is 0 Å². The predicted molar refractivity (Wildman–Crippen MR) is 146 cm³/mol. The lowest BCUT2D eigenvalue weighted by atomic mass is 9.90. The fraction of sp³-hybridized carbons (Fsp3) is 0.586. The highest BCUT2D eigenvalue weighted by Gasteiger charge is 2.24. The molecule has 4 nitrogen and oxygen atoms in total. The van der Waals surface area contributed by atoms with Gasteiger partial charge < -0.3 is 21.3 Å². The summed E-state index contributed by atoms with van der Waals surface area (Å²) in [6.45, 7) is 15.0. The number of benzene rings is 1. The lowest BCUT2D eigenvalue weighted by Crippen LogP contribution is -2.45. The number of hydrogen-bond acceptors (Lipinski definition) is 4. The molecule has 0 radical (unpaired) electrons. The third kappa shape index (κ3) is 9.32. The second-order valence-electron chi connectivity index (χ2n) is 9.11. The molecule has 1 heterocycles. The van der Waals surface area contributed by atoms with E-state index in [4.69, 9.17) is 0 Å². The van der Waals surface area contributed by atoms with E-state index < -0.39 is 11.6 Å². The molecule has 198 valence electrons. The smallest absolute Gasteiger partial charge is 0.129 e. The molecule has 1 aliphatic carbocycles. The van der Waals surface area contributed by atoms with Crippen molar-refractivity contribution in [2.45, 2.75) is 85.7 Å². The fourth-order valence-electron chi connectivity index (χ4n) is 4.31. The van der Waals surface area contributed by atoms with Gasteiger partial charge in [-0.15, -0.1) is 0 Å². The van der Waals surface area contributed by atoms with Gasteiger partial charge in [-0.05, 0) is 69.7 Å². The molecule has 0 amide bonds. The minimum atomic E-state index is -0.523. The maximum absolute atomic E-state index is 14.0. The zero-order chi connectivity index (χ0) is 26.4. The van der Waals surface area contributed by atoms with E-state index in [2.05, 4.69) is 67.2 Å². The standard InChI is InChI=1S/C26H37F2N3.C2H6.CH5N/c1-5-15-31(19(4)18(2)3)26-25(7-6-14-29-26)30-23-12-8-20(9-13-23)16-21-10-11-22(27)17-24(21)28;2*1-2/h6-8,10-11,17-19,23,29-30H,5,9,12-16H2,1-4H3;1-2H3;2H2,1H3. The maximum atomic E-state index is 14.0. The van der Waals surface area contributed by atoms with Crippen LogP contribution in [0.1, 0.15) is 72.8 Å². The summed E-state index contributed by atoms with van der Waals surface area (Å²) in [5.41, 5.74) is 7.47. The van der Waals surface area contributed by atoms with Crippen LogP contribution in [0.25, 0.3) is 0 Å². The van der Waals surface area contributed by atoms with E-state index in [9.17, 15) is 8.78 Å². The lowest BCUT2D eigenvalue weighted by Gasteiger charge is -2.38. The summed E-state index contributed by atoms with van der Waals surface area (Å²) >= 11 is 0. The summed E-state index contributed by atoms with van der Waals surface area (Å²) in [4.78, 5) is 2.50. The van der Waals surface area contributed by atoms with E-state index in [-0.39, 0.29) is 0 Å². The van der Waals surface area contributed by atoms with Gasteiger partial charge in [-0.2, -0.15) is 0 Å². The van der Waals surface area contributed by atoms with Crippen molar-refractivity contribution in [1.82, 2.24) is 15.5 Å². The summed E-state index contributed by atoms with van der Waals surface area (Å²) in [5.74, 6) is 0.795. The first-order valence-electron chi connectivity index (χ1n) is 13.3. The number of nitrogens with zero attached hydrogens (tertiary/aromatic N) is 1. The molecule has 0 fully saturated rings. The van der Waals surface area contributed by atoms with Crippen LogP contribution in [0, 0.1) is 17.6 Å². The number of dihydropyridines is 1. The van der Waals surface area contributed by atoms with E-state index in [0.717, 1.165) is 44.8 Å². The molecule has 35 heavy (non-hydrogen) atoms. The zero-order valence-corrected chi connectivity index (χ0v) is 22.9. The van der Waals surface area contributed by atoms with Gasteiger partial charge >= 0.3 is 0 Å². The molecule has 2 unspecified atom stereocenters. The van der Waals surface area contributed by atoms with Gasteiger partial charge in [0.25, 0.3) is 0 Å². The molecule has 6 heteroatoms. The van der Waals surface area contributed by atoms with Gasteiger partial charge in [0, 0.05) is 31.2 Å². The summed E-state index contributed by atoms with van der Waals surface area (Å²) in [7, 11) is 1.50. The molecule has 0 saturated heterocycles. The monoisotopic (exact) mass is 490 g/mol. The Morgan fingerprint density at radius 1 is 1.17 bits per heavy atom. The van der Waals surface area contributed by atoms with Gasteiger partial charge in [-0.1, -0.05) is 58.4 Å². The molecule has 0 bridgehead atoms. The highest BCUT2D eigenvalue weighted by molar-refractivity contribution is 5.29. The van der Waals surface area contributed by atoms with E-state index in [1.54, 1.807) is 6.07 Å². The quantitative estimate of drug-likeness (QED) is 0.358. The van der Waals surface area contributed by atoms with Gasteiger partial charge in [0.1, 0.15) is 17.5 Å². The minimum Gasteiger partial charge on any atom is -0.379 e. The molecule has 1 aromatic rings. The number of nitrogens with one attached hydrogen (secondary N) is 2. The van der Waals surface area contributed by atoms with Gasteiger partial charge in [-0.3, -0.25) is 0 Å². The minimum absolute atomic E-state index is 0.356. The van der Waals surface area contributed by atoms with Crippen LogP contribution in [-0.2, 0) is 6.42 Å². The SMILES string of the molecule is CC.CCCN(C1=C(NC2CC=C(Cc3ccc(F)cc3F)CC2)C=CCN1)C(C)C(C)C.CN. The average molecular weight is 491 g/mol. The molecule has 2 aliphatic rings. The lowest BCUT2D eigenvalue weighted by molar-refractivity contribution is 0.200. The van der Waals surface area contributed by atoms with Crippen molar-refractivity contribution in [2.24, 2.45) is 11.7 Å². The molecule has 2 atom stereocenters. The third-order valence-corrected chi connectivity index (χ3v) is 6.43. The highest BCUT2D eigenvalue weighted by Crippen LogP contribution is 2.25. The van der Waals surface area contributed by atoms with E-state index in [1.165, 1.54) is 30.2 Å². The number of allylic oxidation sites excluding steroid dienone is 2. The van der Waals surface area contributed by atoms with Gasteiger partial charge in [0.15, 0.2) is 0 Å². The largest absolute Gasteiger partial charge is 0.379 e. The molecule has 3 rings (SSSR count). The van der Waals surface area contributed by atoms with Crippen LogP contribution < -0.4 is 16.4 Å². The van der Waals surface area contributed by atoms with Crippen molar-refractivity contribution in [3.63, 3.8) is 0 Å². The zero-order valence-electron chi connectivity index (χ0n) is 22.9. The van der Waals surface area contributed by atoms with Crippen LogP contribution in [0.15, 0.2) is 53.5 Å². The van der Waals surface area contributed by atoms with Crippen LogP contribution in [-0.4, -0.2) is 37.1 Å². The van der Waals surface area contributed by atoms with Crippen molar-refractivity contribution in [2.75, 3.05) is 20.1 Å². The van der Waals surface area contributed by atoms with E-state index in [1.807, 2.05) is 13.8 Å². The number of nitrogens with two attached hydrogens (primary N) is 1. The Bertz CT molecular complexity index is 845. The first kappa shape index (κ1) is 30.7. The maximum Gasteiger partial charge on any atom is 0.129 e. The average Bonchev–Trinajstić information content (AvgIpc) is 2.88. The summed E-state index contributed by atoms with van der Waals surface area (Å²) in [5, 5.41) is 7.36. The Morgan fingerprint density at radius 2 is 1.89 bits per heavy atom. The summed E-state index contributed by atoms with van der Waals surface area (Å²) < 4.78 is 27.1. The number of rotatable bonds is 9. The molecule has 0 saturated carbocycles. The Morgan fingerprint density at radius 3 is 2.46 bits per heavy atom. The van der Waals surface area contributed by atoms with Gasteiger partial charge in [0.2, 0.25) is 0 Å². The predicted octanol–water partition coefficient (Wildman–Crippen LogP) is 6.26. The second-order valence-corrected chi connectivity index (χ2v) is 9.11. The first-order chi connectivity index (χ1) is 16.9. The highest BCUT2D eigenvalue weighted by atomic mass is 19.1. The number of hydrogen-bond donors (Lipinski definition) is 3. The van der Waals surface area contributed by atoms with Crippen molar-refractivity contribution in [1.29, 1.82) is 0 Å².